The van der Waals surface area contributed by atoms with Crippen molar-refractivity contribution in [2.45, 2.75) is 12.5 Å². The van der Waals surface area contributed by atoms with E-state index in [1.165, 1.54) is 25.4 Å². The molecule has 2 N–H and O–H groups in total. The summed E-state index contributed by atoms with van der Waals surface area (Å²) in [7, 11) is 1.28. The molecule has 0 fully saturated rings. The molecule has 23 heavy (non-hydrogen) atoms. The number of benzene rings is 1. The first kappa shape index (κ1) is 16.8. The van der Waals surface area contributed by atoms with Gasteiger partial charge in [0.15, 0.2) is 0 Å². The first-order valence-corrected chi connectivity index (χ1v) is 7.19. The van der Waals surface area contributed by atoms with Crippen LogP contribution in [0.4, 0.5) is 0 Å². The Hall–Kier alpha value is -2.60. The van der Waals surface area contributed by atoms with Crippen molar-refractivity contribution in [2.75, 3.05) is 7.11 Å². The van der Waals surface area contributed by atoms with Crippen LogP contribution in [0, 0.1) is 0 Å². The molecule has 0 unspecified atom stereocenters. The van der Waals surface area contributed by atoms with Gasteiger partial charge in [-0.3, -0.25) is 14.4 Å². The molecule has 2 rings (SSSR count). The highest BCUT2D eigenvalue weighted by Crippen LogP contribution is 2.20. The van der Waals surface area contributed by atoms with Gasteiger partial charge in [-0.25, -0.2) is 0 Å². The Morgan fingerprint density at radius 2 is 1.91 bits per heavy atom. The van der Waals surface area contributed by atoms with E-state index in [9.17, 15) is 14.4 Å². The minimum Gasteiger partial charge on any atom is -0.469 e. The zero-order valence-corrected chi connectivity index (χ0v) is 13.1. The van der Waals surface area contributed by atoms with E-state index in [-0.39, 0.29) is 17.5 Å². The van der Waals surface area contributed by atoms with E-state index in [1.807, 2.05) is 0 Å². The Labute approximate surface area is 137 Å². The average molecular weight is 335 g/mol. The zero-order chi connectivity index (χ0) is 16.8. The van der Waals surface area contributed by atoms with Crippen LogP contribution in [0.2, 0.25) is 5.02 Å². The van der Waals surface area contributed by atoms with Crippen LogP contribution in [0.3, 0.4) is 0 Å². The van der Waals surface area contributed by atoms with Crippen molar-refractivity contribution in [2.24, 2.45) is 0 Å². The van der Waals surface area contributed by atoms with Gasteiger partial charge in [0.05, 0.1) is 25.1 Å². The summed E-state index contributed by atoms with van der Waals surface area (Å²) >= 11 is 5.85. The first-order chi connectivity index (χ1) is 11.0. The van der Waals surface area contributed by atoms with Crippen LogP contribution in [0.25, 0.3) is 0 Å². The molecule has 0 spiro atoms. The van der Waals surface area contributed by atoms with Gasteiger partial charge in [-0.15, -0.1) is 0 Å². The van der Waals surface area contributed by atoms with E-state index in [0.717, 1.165) is 5.56 Å². The molecule has 2 aromatic rings. The number of carbonyl (C=O) groups is 2. The van der Waals surface area contributed by atoms with Crippen LogP contribution in [0.1, 0.15) is 28.4 Å². The normalized spacial score (nSPS) is 11.6. The highest BCUT2D eigenvalue weighted by molar-refractivity contribution is 6.30. The van der Waals surface area contributed by atoms with E-state index < -0.39 is 17.9 Å². The van der Waals surface area contributed by atoms with Crippen molar-refractivity contribution >= 4 is 23.5 Å². The Kier molecular flexibility index (Phi) is 5.54. The Morgan fingerprint density at radius 1 is 1.22 bits per heavy atom. The molecular weight excluding hydrogens is 320 g/mol. The average Bonchev–Trinajstić information content (AvgIpc) is 2.55. The highest BCUT2D eigenvalue weighted by atomic mass is 35.5. The van der Waals surface area contributed by atoms with E-state index >= 15 is 0 Å². The Bertz CT molecular complexity index is 735. The van der Waals surface area contributed by atoms with Gasteiger partial charge < -0.3 is 15.0 Å². The number of H-pyrrole nitrogens is 1. The molecule has 0 aliphatic heterocycles. The molecule has 1 aromatic carbocycles. The number of aromatic amines is 1. The standard InChI is InChI=1S/C16H15ClN2O4/c1-23-15(21)8-13(10-2-5-12(17)6-3-10)19-16(22)11-4-7-14(20)18-9-11/h2-7,9,13H,8H2,1H3,(H,18,20)(H,19,22)/t13-/m0/s1. The number of rotatable bonds is 5. The largest absolute Gasteiger partial charge is 0.469 e. The fraction of sp³-hybridized carbons (Fsp3) is 0.188. The number of amides is 1. The van der Waals surface area contributed by atoms with E-state index in [0.29, 0.717) is 5.02 Å². The lowest BCUT2D eigenvalue weighted by atomic mass is 10.0. The van der Waals surface area contributed by atoms with Crippen LogP contribution in [0.5, 0.6) is 0 Å². The molecule has 0 bridgehead atoms. The number of nitrogens with one attached hydrogen (secondary N) is 2. The van der Waals surface area contributed by atoms with E-state index in [4.69, 9.17) is 11.6 Å². The molecule has 0 aliphatic rings. The van der Waals surface area contributed by atoms with Gasteiger partial charge in [-0.05, 0) is 23.8 Å². The molecule has 1 amide bonds. The summed E-state index contributed by atoms with van der Waals surface area (Å²) in [6.45, 7) is 0. The maximum absolute atomic E-state index is 12.3. The third-order valence-electron chi connectivity index (χ3n) is 3.22. The summed E-state index contributed by atoms with van der Waals surface area (Å²) in [4.78, 5) is 37.3. The van der Waals surface area contributed by atoms with E-state index in [1.54, 1.807) is 24.3 Å². The molecule has 1 heterocycles. The van der Waals surface area contributed by atoms with Gasteiger partial charge in [0.1, 0.15) is 0 Å². The van der Waals surface area contributed by atoms with Crippen molar-refractivity contribution in [1.29, 1.82) is 0 Å². The number of aromatic nitrogens is 1. The number of esters is 1. The first-order valence-electron chi connectivity index (χ1n) is 6.81. The minimum atomic E-state index is -0.570. The molecule has 1 aromatic heterocycles. The SMILES string of the molecule is COC(=O)C[C@H](NC(=O)c1ccc(=O)[nH]c1)c1ccc(Cl)cc1. The lowest BCUT2D eigenvalue weighted by Crippen LogP contribution is -2.30. The van der Waals surface area contributed by atoms with Crippen LogP contribution in [-0.4, -0.2) is 24.0 Å². The van der Waals surface area contributed by atoms with Crippen LogP contribution in [0.15, 0.2) is 47.4 Å². The second-order valence-electron chi connectivity index (χ2n) is 4.80. The third-order valence-corrected chi connectivity index (χ3v) is 3.47. The smallest absolute Gasteiger partial charge is 0.307 e. The number of pyridine rings is 1. The lowest BCUT2D eigenvalue weighted by Gasteiger charge is -2.18. The van der Waals surface area contributed by atoms with Crippen LogP contribution in [-0.2, 0) is 9.53 Å². The van der Waals surface area contributed by atoms with Crippen molar-refractivity contribution in [3.63, 3.8) is 0 Å². The van der Waals surface area contributed by atoms with Gasteiger partial charge in [0.2, 0.25) is 5.56 Å². The maximum Gasteiger partial charge on any atom is 0.307 e. The quantitative estimate of drug-likeness (QED) is 0.819. The number of ether oxygens (including phenoxy) is 1. The zero-order valence-electron chi connectivity index (χ0n) is 12.3. The molecule has 120 valence electrons. The van der Waals surface area contributed by atoms with Gasteiger partial charge >= 0.3 is 5.97 Å². The molecular formula is C16H15ClN2O4. The summed E-state index contributed by atoms with van der Waals surface area (Å²) in [5.74, 6) is -0.864. The van der Waals surface area contributed by atoms with Crippen molar-refractivity contribution < 1.29 is 14.3 Å². The van der Waals surface area contributed by atoms with Gasteiger partial charge in [0.25, 0.3) is 5.91 Å². The minimum absolute atomic E-state index is 0.0206. The Morgan fingerprint density at radius 3 is 2.48 bits per heavy atom. The predicted molar refractivity (Wildman–Crippen MR) is 85.4 cm³/mol. The number of methoxy groups -OCH3 is 1. The number of halogens is 1. The van der Waals surface area contributed by atoms with Gasteiger partial charge in [-0.2, -0.15) is 0 Å². The topological polar surface area (TPSA) is 88.3 Å². The second kappa shape index (κ2) is 7.60. The second-order valence-corrected chi connectivity index (χ2v) is 5.24. The van der Waals surface area contributed by atoms with E-state index in [2.05, 4.69) is 15.0 Å². The fourth-order valence-corrected chi connectivity index (χ4v) is 2.12. The van der Waals surface area contributed by atoms with Crippen molar-refractivity contribution in [3.05, 3.63) is 69.1 Å². The Balaban J connectivity index is 2.21. The van der Waals surface area contributed by atoms with Gasteiger partial charge in [0, 0.05) is 17.3 Å². The monoisotopic (exact) mass is 334 g/mol. The van der Waals surface area contributed by atoms with Crippen LogP contribution < -0.4 is 10.9 Å². The number of hydrogen-bond acceptors (Lipinski definition) is 4. The number of hydrogen-bond donors (Lipinski definition) is 2. The van der Waals surface area contributed by atoms with Crippen molar-refractivity contribution in [1.82, 2.24) is 10.3 Å². The summed E-state index contributed by atoms with van der Waals surface area (Å²) in [5, 5.41) is 3.30. The molecule has 7 heteroatoms. The number of carbonyl (C=O) groups excluding carboxylic acids is 2. The maximum atomic E-state index is 12.3. The molecule has 6 nitrogen and oxygen atoms in total. The van der Waals surface area contributed by atoms with Crippen LogP contribution >= 0.6 is 11.6 Å². The summed E-state index contributed by atoms with van der Waals surface area (Å²) < 4.78 is 4.67. The summed E-state index contributed by atoms with van der Waals surface area (Å²) in [6, 6.07) is 8.89. The van der Waals surface area contributed by atoms with Crippen molar-refractivity contribution in [3.8, 4) is 0 Å². The molecule has 0 saturated heterocycles. The third kappa shape index (κ3) is 4.69. The summed E-state index contributed by atoms with van der Waals surface area (Å²) in [5.41, 5.74) is 0.705. The predicted octanol–water partition coefficient (Wildman–Crippen LogP) is 2.06. The molecule has 0 radical (unpaired) electrons. The van der Waals surface area contributed by atoms with Gasteiger partial charge in [-0.1, -0.05) is 23.7 Å². The molecule has 0 saturated carbocycles. The fourth-order valence-electron chi connectivity index (χ4n) is 1.99. The molecule has 1 atom stereocenters. The lowest BCUT2D eigenvalue weighted by molar-refractivity contribution is -0.141. The highest BCUT2D eigenvalue weighted by Gasteiger charge is 2.19. The summed E-state index contributed by atoms with van der Waals surface area (Å²) in [6.07, 6.45) is 1.29. The molecule has 0 aliphatic carbocycles.